The Morgan fingerprint density at radius 2 is 1.74 bits per heavy atom. The van der Waals surface area contributed by atoms with Gasteiger partial charge in [0.2, 0.25) is 11.8 Å². The van der Waals surface area contributed by atoms with Crippen molar-refractivity contribution in [2.24, 2.45) is 11.8 Å². The fraction of sp³-hybridized carbons (Fsp3) is 0.378. The summed E-state index contributed by atoms with van der Waals surface area (Å²) >= 11 is 3.78. The largest absolute Gasteiger partial charge is 0.394 e. The van der Waals surface area contributed by atoms with E-state index in [1.807, 2.05) is 79.7 Å². The van der Waals surface area contributed by atoms with E-state index in [1.165, 1.54) is 4.90 Å². The molecule has 3 aromatic rings. The average Bonchev–Trinajstić information content (AvgIpc) is 3.67. The summed E-state index contributed by atoms with van der Waals surface area (Å²) in [5.41, 5.74) is 0.0741. The number of carbonyl (C=O) groups is 3. The number of ether oxygens (including phenoxy) is 1. The Labute approximate surface area is 278 Å². The zero-order chi connectivity index (χ0) is 32.6. The number of benzene rings is 3. The number of fused-ring (bicyclic) bond motifs is 2. The molecule has 3 heterocycles. The highest BCUT2D eigenvalue weighted by Crippen LogP contribution is 2.61. The Balaban J connectivity index is 1.50. The summed E-state index contributed by atoms with van der Waals surface area (Å²) in [5, 5.41) is 12.9. The lowest BCUT2D eigenvalue weighted by Gasteiger charge is -2.39. The standard InChI is InChI=1S/C37H40BrN3O5/c1-4-18-39(19-5-2)34(43)30-31-35(44)41(29(23-42)25-13-8-7-9-14-25)33(37(31)22-28(38)32(30)46-37)36(45)40(20-6-3)27-17-16-24-12-10-11-15-26(24)21-27/h4,6-17,21,28-33,42H,1,3,5,18-20,22-23H2,2H3/t28?,29-,30+,31+,32+,33?,37?/m1/s1. The fourth-order valence-electron chi connectivity index (χ4n) is 7.87. The Kier molecular flexibility index (Phi) is 9.19. The smallest absolute Gasteiger partial charge is 0.253 e. The molecule has 3 amide bonds. The topological polar surface area (TPSA) is 90.4 Å². The second-order valence-corrected chi connectivity index (χ2v) is 13.5. The molecule has 6 rings (SSSR count). The van der Waals surface area contributed by atoms with Gasteiger partial charge in [-0.15, -0.1) is 13.2 Å². The zero-order valence-corrected chi connectivity index (χ0v) is 27.6. The van der Waals surface area contributed by atoms with Crippen molar-refractivity contribution in [1.82, 2.24) is 9.80 Å². The number of aliphatic hydroxyl groups excluding tert-OH is 1. The van der Waals surface area contributed by atoms with E-state index in [0.717, 1.165) is 17.2 Å². The summed E-state index contributed by atoms with van der Waals surface area (Å²) in [6.45, 7) is 10.4. The first kappa shape index (κ1) is 32.2. The number of aliphatic hydroxyl groups is 1. The monoisotopic (exact) mass is 685 g/mol. The highest BCUT2D eigenvalue weighted by Gasteiger charge is 2.77. The van der Waals surface area contributed by atoms with Crippen molar-refractivity contribution >= 4 is 50.1 Å². The number of anilines is 1. The number of alkyl halides is 1. The van der Waals surface area contributed by atoms with Crippen LogP contribution in [0.3, 0.4) is 0 Å². The minimum atomic E-state index is -1.28. The molecule has 0 aliphatic carbocycles. The lowest BCUT2D eigenvalue weighted by molar-refractivity contribution is -0.147. The van der Waals surface area contributed by atoms with Gasteiger partial charge in [-0.2, -0.15) is 0 Å². The predicted molar refractivity (Wildman–Crippen MR) is 182 cm³/mol. The van der Waals surface area contributed by atoms with Crippen molar-refractivity contribution in [2.75, 3.05) is 31.1 Å². The van der Waals surface area contributed by atoms with Crippen LogP contribution >= 0.6 is 15.9 Å². The second-order valence-electron chi connectivity index (χ2n) is 12.4. The summed E-state index contributed by atoms with van der Waals surface area (Å²) in [4.78, 5) is 48.9. The van der Waals surface area contributed by atoms with Crippen molar-refractivity contribution in [3.05, 3.63) is 104 Å². The highest BCUT2D eigenvalue weighted by molar-refractivity contribution is 9.09. The quantitative estimate of drug-likeness (QED) is 0.207. The van der Waals surface area contributed by atoms with Crippen molar-refractivity contribution in [2.45, 2.75) is 48.4 Å². The number of carbonyl (C=O) groups excluding carboxylic acids is 3. The summed E-state index contributed by atoms with van der Waals surface area (Å²) in [6.07, 6.45) is 3.88. The van der Waals surface area contributed by atoms with Crippen LogP contribution in [0.25, 0.3) is 10.8 Å². The number of nitrogens with zero attached hydrogens (tertiary/aromatic N) is 3. The lowest BCUT2D eigenvalue weighted by Crippen LogP contribution is -2.58. The first-order valence-electron chi connectivity index (χ1n) is 15.9. The summed E-state index contributed by atoms with van der Waals surface area (Å²) in [6, 6.07) is 21.0. The predicted octanol–water partition coefficient (Wildman–Crippen LogP) is 5.27. The third-order valence-electron chi connectivity index (χ3n) is 9.72. The molecule has 46 heavy (non-hydrogen) atoms. The molecule has 9 heteroatoms. The van der Waals surface area contributed by atoms with Gasteiger partial charge in [0.25, 0.3) is 5.91 Å². The van der Waals surface area contributed by atoms with E-state index in [1.54, 1.807) is 22.0 Å². The number of halogens is 1. The zero-order valence-electron chi connectivity index (χ0n) is 26.0. The van der Waals surface area contributed by atoms with Crippen molar-refractivity contribution in [1.29, 1.82) is 0 Å². The van der Waals surface area contributed by atoms with Gasteiger partial charge in [0.1, 0.15) is 11.6 Å². The third kappa shape index (κ3) is 5.18. The van der Waals surface area contributed by atoms with Crippen LogP contribution in [0.1, 0.15) is 31.4 Å². The van der Waals surface area contributed by atoms with Crippen molar-refractivity contribution in [3.63, 3.8) is 0 Å². The maximum absolute atomic E-state index is 15.1. The minimum absolute atomic E-state index is 0.179. The number of hydrogen-bond donors (Lipinski definition) is 1. The van der Waals surface area contributed by atoms with Gasteiger partial charge in [0, 0.05) is 30.1 Å². The molecule has 3 aliphatic heterocycles. The number of amides is 3. The van der Waals surface area contributed by atoms with Crippen molar-refractivity contribution < 1.29 is 24.2 Å². The maximum atomic E-state index is 15.1. The van der Waals surface area contributed by atoms with Crippen LogP contribution in [-0.4, -0.2) is 81.4 Å². The van der Waals surface area contributed by atoms with Crippen molar-refractivity contribution in [3.8, 4) is 0 Å². The fourth-order valence-corrected chi connectivity index (χ4v) is 8.81. The first-order valence-corrected chi connectivity index (χ1v) is 16.8. The molecule has 1 N–H and O–H groups in total. The van der Waals surface area contributed by atoms with E-state index in [9.17, 15) is 14.7 Å². The molecule has 1 spiro atoms. The SMILES string of the molecule is C=CCN(CCC)C(=O)[C@H]1[C@H]2C(=O)N([C@H](CO)c3ccccc3)C(C(=O)N(CC=C)c3ccc4ccccc4c3)C23CC(Br)[C@@H]1O3. The summed E-state index contributed by atoms with van der Waals surface area (Å²) < 4.78 is 6.80. The highest BCUT2D eigenvalue weighted by atomic mass is 79.9. The third-order valence-corrected chi connectivity index (χ3v) is 10.6. The van der Waals surface area contributed by atoms with Crippen LogP contribution in [0.15, 0.2) is 98.1 Å². The molecule has 8 nitrogen and oxygen atoms in total. The molecule has 0 saturated carbocycles. The molecule has 3 aromatic carbocycles. The number of hydrogen-bond acceptors (Lipinski definition) is 5. The van der Waals surface area contributed by atoms with E-state index in [0.29, 0.717) is 30.8 Å². The van der Waals surface area contributed by atoms with Gasteiger partial charge in [-0.05, 0) is 41.3 Å². The Bertz CT molecular complexity index is 1650. The summed E-state index contributed by atoms with van der Waals surface area (Å²) in [5.74, 6) is -2.56. The molecule has 7 atom stereocenters. The van der Waals surface area contributed by atoms with E-state index >= 15 is 4.79 Å². The van der Waals surface area contributed by atoms with Crippen LogP contribution in [0, 0.1) is 11.8 Å². The van der Waals surface area contributed by atoms with Gasteiger partial charge in [0.15, 0.2) is 0 Å². The molecule has 3 unspecified atom stereocenters. The molecular formula is C37H40BrN3O5. The molecule has 0 radical (unpaired) electrons. The maximum Gasteiger partial charge on any atom is 0.253 e. The van der Waals surface area contributed by atoms with Gasteiger partial charge >= 0.3 is 0 Å². The number of rotatable bonds is 12. The molecular weight excluding hydrogens is 646 g/mol. The van der Waals surface area contributed by atoms with Gasteiger partial charge in [-0.25, -0.2) is 0 Å². The van der Waals surface area contributed by atoms with E-state index < -0.39 is 42.2 Å². The summed E-state index contributed by atoms with van der Waals surface area (Å²) in [7, 11) is 0. The van der Waals surface area contributed by atoms with E-state index in [2.05, 4.69) is 29.1 Å². The molecule has 240 valence electrons. The molecule has 2 bridgehead atoms. The van der Waals surface area contributed by atoms with Gasteiger partial charge < -0.3 is 24.5 Å². The van der Waals surface area contributed by atoms with Crippen LogP contribution in [0.4, 0.5) is 5.69 Å². The van der Waals surface area contributed by atoms with Gasteiger partial charge in [-0.3, -0.25) is 14.4 Å². The average molecular weight is 687 g/mol. The lowest BCUT2D eigenvalue weighted by atomic mass is 9.70. The molecule has 3 fully saturated rings. The Morgan fingerprint density at radius 1 is 1.04 bits per heavy atom. The molecule has 3 saturated heterocycles. The Morgan fingerprint density at radius 3 is 2.41 bits per heavy atom. The molecule has 0 aromatic heterocycles. The second kappa shape index (κ2) is 13.1. The molecule has 3 aliphatic rings. The normalized spacial score (nSPS) is 27.0. The van der Waals surface area contributed by atoms with E-state index in [4.69, 9.17) is 4.74 Å². The van der Waals surface area contributed by atoms with Crippen LogP contribution < -0.4 is 4.90 Å². The van der Waals surface area contributed by atoms with Crippen LogP contribution in [-0.2, 0) is 19.1 Å². The van der Waals surface area contributed by atoms with Gasteiger partial charge in [0.05, 0.1) is 30.6 Å². The van der Waals surface area contributed by atoms with E-state index in [-0.39, 0.29) is 29.1 Å². The Hall–Kier alpha value is -3.79. The first-order chi connectivity index (χ1) is 22.3. The van der Waals surface area contributed by atoms with Crippen LogP contribution in [0.5, 0.6) is 0 Å². The number of likely N-dealkylation sites (tertiary alicyclic amines) is 1. The van der Waals surface area contributed by atoms with Crippen LogP contribution in [0.2, 0.25) is 0 Å². The van der Waals surface area contributed by atoms with Gasteiger partial charge in [-0.1, -0.05) is 95.7 Å². The minimum Gasteiger partial charge on any atom is -0.394 e.